The first-order valence-electron chi connectivity index (χ1n) is 12.9. The molecular formula is C32H29BN2. The number of hydrogen-bond acceptors (Lipinski definition) is 2. The van der Waals surface area contributed by atoms with Crippen LogP contribution in [0.1, 0.15) is 56.1 Å². The molecule has 0 saturated carbocycles. The van der Waals surface area contributed by atoms with Crippen LogP contribution in [0, 0.1) is 0 Å². The van der Waals surface area contributed by atoms with Gasteiger partial charge in [0.1, 0.15) is 5.66 Å². The standard InChI is InChI=1S/C32H29BN2/c1-31(2)23-16-9-8-14-21(23)29-27(31)22-15-10-18-25-28(22)33(29)24-17-11-19-26-30(24)35(25)32(3,4)34(26)20-12-6-5-7-13-20/h5-19,27,29H,1-4H3. The largest absolute Gasteiger partial charge is 0.317 e. The van der Waals surface area contributed by atoms with Crippen LogP contribution in [0.5, 0.6) is 0 Å². The fourth-order valence-electron chi connectivity index (χ4n) is 8.37. The molecule has 0 spiro atoms. The van der Waals surface area contributed by atoms with Gasteiger partial charge >= 0.3 is 0 Å². The quantitative estimate of drug-likeness (QED) is 0.311. The lowest BCUT2D eigenvalue weighted by molar-refractivity contribution is 0.446. The Balaban J connectivity index is 1.45. The Labute approximate surface area is 208 Å². The molecule has 0 bridgehead atoms. The molecule has 0 amide bonds. The normalized spacial score (nSPS) is 23.1. The van der Waals surface area contributed by atoms with E-state index < -0.39 is 0 Å². The maximum absolute atomic E-state index is 2.64. The first-order chi connectivity index (χ1) is 16.9. The van der Waals surface area contributed by atoms with Crippen molar-refractivity contribution in [2.24, 2.45) is 0 Å². The van der Waals surface area contributed by atoms with E-state index in [1.807, 2.05) is 0 Å². The summed E-state index contributed by atoms with van der Waals surface area (Å²) < 4.78 is 0. The van der Waals surface area contributed by atoms with Gasteiger partial charge in [0.15, 0.2) is 0 Å². The number of nitrogens with zero attached hydrogens (tertiary/aromatic N) is 2. The molecule has 2 atom stereocenters. The summed E-state index contributed by atoms with van der Waals surface area (Å²) in [6.07, 6.45) is 0. The third-order valence-corrected chi connectivity index (χ3v) is 9.47. The summed E-state index contributed by atoms with van der Waals surface area (Å²) in [7, 11) is 0. The molecule has 4 aromatic carbocycles. The molecule has 4 aromatic rings. The lowest BCUT2D eigenvalue weighted by Crippen LogP contribution is -2.56. The van der Waals surface area contributed by atoms with Crippen molar-refractivity contribution in [1.29, 1.82) is 0 Å². The summed E-state index contributed by atoms with van der Waals surface area (Å²) in [6.45, 7) is 10.1. The Hall–Kier alpha value is -3.46. The molecule has 0 saturated heterocycles. The number of fused-ring (bicyclic) bond motifs is 7. The SMILES string of the molecule is CC1(C)c2ccccc2C2B3c4cccc5c4N(c4cccc(c43)C21)C(C)(C)N5c1ccccc1. The van der Waals surface area contributed by atoms with Gasteiger partial charge < -0.3 is 9.80 Å². The maximum atomic E-state index is 2.64. The minimum atomic E-state index is -0.217. The molecule has 1 aliphatic carbocycles. The van der Waals surface area contributed by atoms with Gasteiger partial charge in [0.25, 0.3) is 0 Å². The van der Waals surface area contributed by atoms with E-state index in [1.165, 1.54) is 33.8 Å². The first-order valence-corrected chi connectivity index (χ1v) is 12.9. The summed E-state index contributed by atoms with van der Waals surface area (Å²) in [5.74, 6) is 0.990. The van der Waals surface area contributed by atoms with Crippen LogP contribution in [0.2, 0.25) is 0 Å². The van der Waals surface area contributed by atoms with Gasteiger partial charge in [-0.05, 0) is 82.9 Å². The highest BCUT2D eigenvalue weighted by Gasteiger charge is 2.61. The molecule has 0 aromatic heterocycles. The molecule has 8 rings (SSSR count). The van der Waals surface area contributed by atoms with Crippen LogP contribution in [-0.2, 0) is 5.41 Å². The van der Waals surface area contributed by atoms with Crippen LogP contribution in [0.4, 0.5) is 22.7 Å². The topological polar surface area (TPSA) is 6.48 Å². The average molecular weight is 452 g/mol. The van der Waals surface area contributed by atoms with Crippen LogP contribution in [-0.4, -0.2) is 12.4 Å². The predicted molar refractivity (Wildman–Crippen MR) is 148 cm³/mol. The number of anilines is 4. The first kappa shape index (κ1) is 19.8. The Morgan fingerprint density at radius 2 is 1.34 bits per heavy atom. The van der Waals surface area contributed by atoms with Crippen molar-refractivity contribution >= 4 is 40.4 Å². The zero-order chi connectivity index (χ0) is 23.7. The maximum Gasteiger partial charge on any atom is 0.223 e. The van der Waals surface area contributed by atoms with Crippen molar-refractivity contribution in [3.8, 4) is 0 Å². The third kappa shape index (κ3) is 2.15. The van der Waals surface area contributed by atoms with Gasteiger partial charge in [-0.15, -0.1) is 0 Å². The Morgan fingerprint density at radius 1 is 0.657 bits per heavy atom. The Bertz CT molecular complexity index is 1540. The molecule has 0 fully saturated rings. The van der Waals surface area contributed by atoms with E-state index in [-0.39, 0.29) is 11.1 Å². The summed E-state index contributed by atoms with van der Waals surface area (Å²) >= 11 is 0. The predicted octanol–water partition coefficient (Wildman–Crippen LogP) is 6.35. The number of rotatable bonds is 1. The monoisotopic (exact) mass is 452 g/mol. The lowest BCUT2D eigenvalue weighted by Gasteiger charge is -2.43. The number of para-hydroxylation sites is 2. The van der Waals surface area contributed by atoms with Crippen molar-refractivity contribution in [3.05, 3.63) is 108 Å². The molecule has 2 nitrogen and oxygen atoms in total. The van der Waals surface area contributed by atoms with Gasteiger partial charge in [-0.25, -0.2) is 0 Å². The zero-order valence-electron chi connectivity index (χ0n) is 20.8. The molecule has 35 heavy (non-hydrogen) atoms. The number of hydrogen-bond donors (Lipinski definition) is 0. The highest BCUT2D eigenvalue weighted by molar-refractivity contribution is 6.91. The second-order valence-corrected chi connectivity index (χ2v) is 11.8. The molecule has 3 heterocycles. The summed E-state index contributed by atoms with van der Waals surface area (Å²) in [6, 6.07) is 34.3. The molecule has 0 radical (unpaired) electrons. The van der Waals surface area contributed by atoms with Crippen LogP contribution in [0.25, 0.3) is 0 Å². The van der Waals surface area contributed by atoms with Crippen LogP contribution < -0.4 is 20.7 Å². The molecular weight excluding hydrogens is 423 g/mol. The van der Waals surface area contributed by atoms with Gasteiger partial charge in [-0.1, -0.05) is 80.6 Å². The third-order valence-electron chi connectivity index (χ3n) is 9.47. The van der Waals surface area contributed by atoms with Crippen molar-refractivity contribution in [1.82, 2.24) is 0 Å². The van der Waals surface area contributed by atoms with Crippen LogP contribution >= 0.6 is 0 Å². The second kappa shape index (κ2) is 6.21. The molecule has 4 aliphatic rings. The van der Waals surface area contributed by atoms with Gasteiger partial charge in [0.05, 0.1) is 11.4 Å². The second-order valence-electron chi connectivity index (χ2n) is 11.8. The van der Waals surface area contributed by atoms with E-state index in [9.17, 15) is 0 Å². The molecule has 3 heteroatoms. The van der Waals surface area contributed by atoms with Crippen LogP contribution in [0.15, 0.2) is 91.0 Å². The highest BCUT2D eigenvalue weighted by Crippen LogP contribution is 2.62. The minimum Gasteiger partial charge on any atom is -0.317 e. The summed E-state index contributed by atoms with van der Waals surface area (Å²) in [5.41, 5.74) is 13.0. The van der Waals surface area contributed by atoms with Gasteiger partial charge in [-0.3, -0.25) is 0 Å². The number of benzene rings is 4. The smallest absolute Gasteiger partial charge is 0.223 e. The molecule has 3 aliphatic heterocycles. The van der Waals surface area contributed by atoms with E-state index in [0.717, 1.165) is 0 Å². The Kier molecular flexibility index (Phi) is 3.51. The highest BCUT2D eigenvalue weighted by atomic mass is 15.5. The van der Waals surface area contributed by atoms with Crippen molar-refractivity contribution in [2.45, 2.75) is 50.5 Å². The molecule has 2 unspecified atom stereocenters. The minimum absolute atomic E-state index is 0.117. The zero-order valence-corrected chi connectivity index (χ0v) is 20.8. The van der Waals surface area contributed by atoms with E-state index >= 15 is 0 Å². The van der Waals surface area contributed by atoms with Gasteiger partial charge in [0.2, 0.25) is 6.71 Å². The summed E-state index contributed by atoms with van der Waals surface area (Å²) in [5, 5.41) is 0. The lowest BCUT2D eigenvalue weighted by atomic mass is 9.33. The van der Waals surface area contributed by atoms with E-state index in [1.54, 1.807) is 16.6 Å². The van der Waals surface area contributed by atoms with Gasteiger partial charge in [-0.2, -0.15) is 0 Å². The Morgan fingerprint density at radius 3 is 2.17 bits per heavy atom. The average Bonchev–Trinajstić information content (AvgIpc) is 3.42. The fourth-order valence-corrected chi connectivity index (χ4v) is 8.37. The van der Waals surface area contributed by atoms with Crippen LogP contribution in [0.3, 0.4) is 0 Å². The van der Waals surface area contributed by atoms with Crippen molar-refractivity contribution in [3.63, 3.8) is 0 Å². The van der Waals surface area contributed by atoms with E-state index in [4.69, 9.17) is 0 Å². The van der Waals surface area contributed by atoms with E-state index in [2.05, 4.69) is 128 Å². The van der Waals surface area contributed by atoms with Crippen molar-refractivity contribution < 1.29 is 0 Å². The van der Waals surface area contributed by atoms with Crippen molar-refractivity contribution in [2.75, 3.05) is 9.80 Å². The molecule has 170 valence electrons. The fraction of sp³-hybridized carbons (Fsp3) is 0.250. The summed E-state index contributed by atoms with van der Waals surface area (Å²) in [4.78, 5) is 5.18. The van der Waals surface area contributed by atoms with Gasteiger partial charge in [0, 0.05) is 11.4 Å². The molecule has 0 N–H and O–H groups in total. The van der Waals surface area contributed by atoms with E-state index in [0.29, 0.717) is 18.4 Å².